The molecular formula is C18H27BN2O3. The Bertz CT molecular complexity index is 621. The van der Waals surface area contributed by atoms with Crippen LogP contribution in [0.3, 0.4) is 0 Å². The van der Waals surface area contributed by atoms with Gasteiger partial charge in [-0.1, -0.05) is 6.07 Å². The molecule has 2 unspecified atom stereocenters. The van der Waals surface area contributed by atoms with Crippen molar-refractivity contribution < 1.29 is 14.4 Å². The highest BCUT2D eigenvalue weighted by Gasteiger charge is 2.52. The van der Waals surface area contributed by atoms with Gasteiger partial charge in [0.1, 0.15) is 0 Å². The first-order valence-electron chi connectivity index (χ1n) is 8.98. The third kappa shape index (κ3) is 2.60. The van der Waals surface area contributed by atoms with Crippen molar-refractivity contribution in [1.29, 1.82) is 0 Å². The van der Waals surface area contributed by atoms with Gasteiger partial charge in [-0.2, -0.15) is 0 Å². The summed E-state index contributed by atoms with van der Waals surface area (Å²) in [5.74, 6) is 0. The smallest absolute Gasteiger partial charge is 0.399 e. The van der Waals surface area contributed by atoms with Crippen LogP contribution in [-0.2, 0) is 14.9 Å². The second-order valence-corrected chi connectivity index (χ2v) is 8.67. The molecule has 3 aliphatic rings. The molecule has 2 atom stereocenters. The van der Waals surface area contributed by atoms with Crippen molar-refractivity contribution in [3.63, 3.8) is 0 Å². The minimum absolute atomic E-state index is 0.377. The molecule has 0 radical (unpaired) electrons. The molecular weight excluding hydrogens is 303 g/mol. The van der Waals surface area contributed by atoms with Crippen LogP contribution in [0.25, 0.3) is 0 Å². The fourth-order valence-corrected chi connectivity index (χ4v) is 4.18. The second-order valence-electron chi connectivity index (χ2n) is 8.67. The number of aliphatic hydroxyl groups is 1. The summed E-state index contributed by atoms with van der Waals surface area (Å²) in [6.07, 6.45) is 7.37. The molecule has 4 rings (SSSR count). The van der Waals surface area contributed by atoms with E-state index in [1.807, 2.05) is 33.8 Å². The predicted octanol–water partition coefficient (Wildman–Crippen LogP) is 1.48. The summed E-state index contributed by atoms with van der Waals surface area (Å²) >= 11 is 0. The van der Waals surface area contributed by atoms with Crippen LogP contribution in [0.2, 0.25) is 0 Å². The average Bonchev–Trinajstić information content (AvgIpc) is 2.95. The van der Waals surface area contributed by atoms with Gasteiger partial charge in [-0.3, -0.25) is 4.98 Å². The maximum atomic E-state index is 11.2. The Balaban J connectivity index is 1.61. The number of nitrogens with zero attached hydrogens (tertiary/aromatic N) is 1. The quantitative estimate of drug-likeness (QED) is 0.805. The Kier molecular flexibility index (Phi) is 3.63. The molecule has 0 amide bonds. The van der Waals surface area contributed by atoms with Gasteiger partial charge < -0.3 is 19.7 Å². The third-order valence-electron chi connectivity index (χ3n) is 6.33. The molecule has 2 bridgehead atoms. The van der Waals surface area contributed by atoms with Gasteiger partial charge in [-0.25, -0.2) is 0 Å². The second kappa shape index (κ2) is 5.27. The molecule has 4 heterocycles. The lowest BCUT2D eigenvalue weighted by molar-refractivity contribution is -0.0116. The van der Waals surface area contributed by atoms with Crippen LogP contribution in [0.1, 0.15) is 58.9 Å². The van der Waals surface area contributed by atoms with E-state index >= 15 is 0 Å². The van der Waals surface area contributed by atoms with Crippen LogP contribution < -0.4 is 10.8 Å². The fourth-order valence-electron chi connectivity index (χ4n) is 4.18. The SMILES string of the molecule is CC1(C)OB(c2cncc(C3(O)CC4CCC(C3)N4)c2)OC1(C)C. The van der Waals surface area contributed by atoms with Gasteiger partial charge in [0.05, 0.1) is 16.8 Å². The van der Waals surface area contributed by atoms with Crippen LogP contribution in [0.5, 0.6) is 0 Å². The Morgan fingerprint density at radius 3 is 2.25 bits per heavy atom. The van der Waals surface area contributed by atoms with E-state index in [1.165, 1.54) is 0 Å². The average molecular weight is 330 g/mol. The van der Waals surface area contributed by atoms with E-state index in [4.69, 9.17) is 9.31 Å². The molecule has 3 aliphatic heterocycles. The summed E-state index contributed by atoms with van der Waals surface area (Å²) < 4.78 is 12.2. The van der Waals surface area contributed by atoms with Gasteiger partial charge in [0, 0.05) is 35.5 Å². The molecule has 5 nitrogen and oxygen atoms in total. The highest BCUT2D eigenvalue weighted by molar-refractivity contribution is 6.62. The zero-order valence-corrected chi connectivity index (χ0v) is 15.0. The van der Waals surface area contributed by atoms with Crippen LogP contribution in [0.4, 0.5) is 0 Å². The minimum atomic E-state index is -0.802. The number of hydrogen-bond acceptors (Lipinski definition) is 5. The highest BCUT2D eigenvalue weighted by atomic mass is 16.7. The van der Waals surface area contributed by atoms with Gasteiger partial charge in [0.25, 0.3) is 0 Å². The lowest BCUT2D eigenvalue weighted by atomic mass is 9.76. The molecule has 2 N–H and O–H groups in total. The number of rotatable bonds is 2. The summed E-state index contributed by atoms with van der Waals surface area (Å²) in [5.41, 5.74) is 0.208. The summed E-state index contributed by atoms with van der Waals surface area (Å²) in [7, 11) is -0.440. The lowest BCUT2D eigenvalue weighted by Gasteiger charge is -2.37. The monoisotopic (exact) mass is 330 g/mol. The van der Waals surface area contributed by atoms with Gasteiger partial charge >= 0.3 is 7.12 Å². The van der Waals surface area contributed by atoms with Crippen molar-refractivity contribution in [2.45, 2.75) is 82.3 Å². The van der Waals surface area contributed by atoms with Crippen molar-refractivity contribution >= 4 is 12.6 Å². The van der Waals surface area contributed by atoms with E-state index in [0.717, 1.165) is 36.7 Å². The van der Waals surface area contributed by atoms with Crippen molar-refractivity contribution in [3.05, 3.63) is 24.0 Å². The molecule has 0 aromatic carbocycles. The third-order valence-corrected chi connectivity index (χ3v) is 6.33. The van der Waals surface area contributed by atoms with Gasteiger partial charge in [-0.05, 0) is 53.4 Å². The normalized spacial score (nSPS) is 37.0. The number of hydrogen-bond donors (Lipinski definition) is 2. The van der Waals surface area contributed by atoms with Crippen LogP contribution in [-0.4, -0.2) is 40.5 Å². The number of pyridine rings is 1. The Labute approximate surface area is 144 Å². The minimum Gasteiger partial charge on any atom is -0.399 e. The molecule has 130 valence electrons. The fraction of sp³-hybridized carbons (Fsp3) is 0.722. The summed E-state index contributed by atoms with van der Waals surface area (Å²) in [6.45, 7) is 8.18. The van der Waals surface area contributed by atoms with Crippen molar-refractivity contribution in [2.75, 3.05) is 0 Å². The lowest BCUT2D eigenvalue weighted by Crippen LogP contribution is -2.47. The summed E-state index contributed by atoms with van der Waals surface area (Å²) in [5, 5.41) is 14.8. The Morgan fingerprint density at radius 2 is 1.67 bits per heavy atom. The zero-order chi connectivity index (χ0) is 17.2. The highest BCUT2D eigenvalue weighted by Crippen LogP contribution is 2.41. The molecule has 1 aromatic heterocycles. The first kappa shape index (κ1) is 16.5. The number of nitrogens with one attached hydrogen (secondary N) is 1. The first-order chi connectivity index (χ1) is 11.2. The van der Waals surface area contributed by atoms with Gasteiger partial charge in [0.2, 0.25) is 0 Å². The molecule has 1 aromatic rings. The number of aromatic nitrogens is 1. The van der Waals surface area contributed by atoms with Gasteiger partial charge in [-0.15, -0.1) is 0 Å². The Morgan fingerprint density at radius 1 is 1.08 bits per heavy atom. The van der Waals surface area contributed by atoms with Crippen LogP contribution in [0, 0.1) is 0 Å². The number of fused-ring (bicyclic) bond motifs is 2. The molecule has 3 fully saturated rings. The van der Waals surface area contributed by atoms with Crippen molar-refractivity contribution in [2.24, 2.45) is 0 Å². The maximum Gasteiger partial charge on any atom is 0.496 e. The summed E-state index contributed by atoms with van der Waals surface area (Å²) in [6, 6.07) is 2.84. The van der Waals surface area contributed by atoms with Crippen molar-refractivity contribution in [1.82, 2.24) is 10.3 Å². The van der Waals surface area contributed by atoms with E-state index < -0.39 is 12.7 Å². The topological polar surface area (TPSA) is 63.6 Å². The van der Waals surface area contributed by atoms with E-state index in [9.17, 15) is 5.11 Å². The maximum absolute atomic E-state index is 11.2. The molecule has 24 heavy (non-hydrogen) atoms. The standard InChI is InChI=1S/C18H27BN2O3/c1-16(2)17(3,4)24-19(23-16)13-7-12(10-20-11-13)18(22)8-14-5-6-15(9-18)21-14/h7,10-11,14-15,21-22H,5-6,8-9H2,1-4H3. The van der Waals surface area contributed by atoms with E-state index in [-0.39, 0.29) is 11.2 Å². The van der Waals surface area contributed by atoms with E-state index in [0.29, 0.717) is 12.1 Å². The first-order valence-corrected chi connectivity index (χ1v) is 8.98. The van der Waals surface area contributed by atoms with E-state index in [2.05, 4.69) is 10.3 Å². The van der Waals surface area contributed by atoms with Crippen LogP contribution >= 0.6 is 0 Å². The largest absolute Gasteiger partial charge is 0.496 e. The molecule has 6 heteroatoms. The molecule has 0 saturated carbocycles. The zero-order valence-electron chi connectivity index (χ0n) is 15.0. The Hall–Kier alpha value is -0.945. The summed E-state index contributed by atoms with van der Waals surface area (Å²) in [4.78, 5) is 4.38. The molecule has 3 saturated heterocycles. The molecule has 0 spiro atoms. The van der Waals surface area contributed by atoms with Crippen LogP contribution in [0.15, 0.2) is 18.5 Å². The number of piperidine rings is 1. The van der Waals surface area contributed by atoms with E-state index in [1.54, 1.807) is 12.4 Å². The van der Waals surface area contributed by atoms with Gasteiger partial charge in [0.15, 0.2) is 0 Å². The molecule has 0 aliphatic carbocycles. The van der Waals surface area contributed by atoms with Crippen molar-refractivity contribution in [3.8, 4) is 0 Å². The predicted molar refractivity (Wildman–Crippen MR) is 93.0 cm³/mol.